The monoisotopic (exact) mass is 218 g/mol. The van der Waals surface area contributed by atoms with Gasteiger partial charge in [0.15, 0.2) is 17.3 Å². The minimum Gasteiger partial charge on any atom is -0.451 e. The fraction of sp³-hybridized carbons (Fsp3) is 0.167. The molecule has 1 heterocycles. The lowest BCUT2D eigenvalue weighted by Crippen LogP contribution is -2.52. The first kappa shape index (κ1) is 9.45. The quantitative estimate of drug-likeness (QED) is 0.681. The highest BCUT2D eigenvalue weighted by Gasteiger charge is 2.47. The predicted octanol–water partition coefficient (Wildman–Crippen LogP) is 0.961. The number of para-hydroxylation sites is 2. The van der Waals surface area contributed by atoms with Gasteiger partial charge < -0.3 is 19.7 Å². The van der Waals surface area contributed by atoms with Gasteiger partial charge in [0.1, 0.15) is 6.10 Å². The van der Waals surface area contributed by atoms with Gasteiger partial charge in [0, 0.05) is 0 Å². The van der Waals surface area contributed by atoms with Crippen LogP contribution >= 0.6 is 0 Å². The first-order valence-electron chi connectivity index (χ1n) is 4.95. The molecule has 1 aliphatic carbocycles. The van der Waals surface area contributed by atoms with E-state index in [1.165, 1.54) is 6.08 Å². The van der Waals surface area contributed by atoms with Crippen LogP contribution in [0.25, 0.3) is 0 Å². The molecule has 0 saturated carbocycles. The Morgan fingerprint density at radius 1 is 1.19 bits per heavy atom. The van der Waals surface area contributed by atoms with E-state index in [2.05, 4.69) is 0 Å². The summed E-state index contributed by atoms with van der Waals surface area (Å²) in [6.07, 6.45) is 3.50. The van der Waals surface area contributed by atoms with Crippen LogP contribution in [0.4, 0.5) is 0 Å². The van der Waals surface area contributed by atoms with E-state index < -0.39 is 11.9 Å². The summed E-state index contributed by atoms with van der Waals surface area (Å²) in [5, 5.41) is 19.9. The summed E-state index contributed by atoms with van der Waals surface area (Å²) in [6.45, 7) is 0. The number of aliphatic hydroxyl groups excluding tert-OH is 1. The van der Waals surface area contributed by atoms with Gasteiger partial charge in [-0.3, -0.25) is 0 Å². The molecule has 3 rings (SSSR count). The van der Waals surface area contributed by atoms with E-state index in [1.807, 2.05) is 6.07 Å². The van der Waals surface area contributed by atoms with E-state index in [9.17, 15) is 10.2 Å². The first-order valence-corrected chi connectivity index (χ1v) is 4.95. The normalized spacial score (nSPS) is 30.6. The van der Waals surface area contributed by atoms with E-state index in [-0.39, 0.29) is 5.76 Å². The number of ether oxygens (including phenoxy) is 2. The molecule has 0 radical (unpaired) electrons. The van der Waals surface area contributed by atoms with Crippen molar-refractivity contribution in [2.75, 3.05) is 0 Å². The zero-order valence-electron chi connectivity index (χ0n) is 8.33. The highest BCUT2D eigenvalue weighted by molar-refractivity contribution is 5.46. The summed E-state index contributed by atoms with van der Waals surface area (Å²) < 4.78 is 10.9. The number of aliphatic hydroxyl groups is 2. The van der Waals surface area contributed by atoms with Crippen molar-refractivity contribution in [3.05, 3.63) is 48.3 Å². The van der Waals surface area contributed by atoms with Crippen LogP contribution in [-0.2, 0) is 0 Å². The van der Waals surface area contributed by atoms with E-state index in [1.54, 1.807) is 30.4 Å². The summed E-state index contributed by atoms with van der Waals surface area (Å²) in [6, 6.07) is 6.99. The van der Waals surface area contributed by atoms with Crippen molar-refractivity contribution in [1.29, 1.82) is 0 Å². The molecule has 1 aliphatic heterocycles. The number of allylic oxidation sites excluding steroid dienone is 2. The van der Waals surface area contributed by atoms with Gasteiger partial charge in [0.05, 0.1) is 0 Å². The molecule has 16 heavy (non-hydrogen) atoms. The van der Waals surface area contributed by atoms with Crippen molar-refractivity contribution in [2.24, 2.45) is 0 Å². The molecule has 0 spiro atoms. The van der Waals surface area contributed by atoms with Gasteiger partial charge in [0.2, 0.25) is 0 Å². The molecule has 0 bridgehead atoms. The van der Waals surface area contributed by atoms with Crippen molar-refractivity contribution in [1.82, 2.24) is 0 Å². The van der Waals surface area contributed by atoms with Crippen LogP contribution in [0, 0.1) is 0 Å². The van der Waals surface area contributed by atoms with Gasteiger partial charge in [0.25, 0.3) is 5.79 Å². The van der Waals surface area contributed by atoms with E-state index in [4.69, 9.17) is 9.47 Å². The summed E-state index contributed by atoms with van der Waals surface area (Å²) in [5.74, 6) is -0.679. The van der Waals surface area contributed by atoms with Gasteiger partial charge >= 0.3 is 0 Å². The second-order valence-electron chi connectivity index (χ2n) is 3.71. The molecule has 4 heteroatoms. The standard InChI is InChI=1S/C12H10O4/c13-10-6-3-7-11-12(10,14)16-9-5-2-1-4-8(9)15-11/h1-7,10,13-14H. The van der Waals surface area contributed by atoms with Crippen LogP contribution in [0.2, 0.25) is 0 Å². The maximum Gasteiger partial charge on any atom is 0.297 e. The summed E-state index contributed by atoms with van der Waals surface area (Å²) >= 11 is 0. The topological polar surface area (TPSA) is 58.9 Å². The average Bonchev–Trinajstić information content (AvgIpc) is 2.28. The average molecular weight is 218 g/mol. The highest BCUT2D eigenvalue weighted by Crippen LogP contribution is 2.41. The largest absolute Gasteiger partial charge is 0.451 e. The molecule has 4 nitrogen and oxygen atoms in total. The molecule has 2 aliphatic rings. The van der Waals surface area contributed by atoms with Crippen molar-refractivity contribution < 1.29 is 19.7 Å². The molecular formula is C12H10O4. The van der Waals surface area contributed by atoms with Gasteiger partial charge in [-0.2, -0.15) is 0 Å². The van der Waals surface area contributed by atoms with Gasteiger partial charge in [-0.15, -0.1) is 0 Å². The fourth-order valence-corrected chi connectivity index (χ4v) is 1.77. The molecule has 0 saturated heterocycles. The van der Waals surface area contributed by atoms with Crippen LogP contribution in [0.1, 0.15) is 0 Å². The lowest BCUT2D eigenvalue weighted by Gasteiger charge is -2.38. The molecule has 0 fully saturated rings. The van der Waals surface area contributed by atoms with Crippen molar-refractivity contribution in [2.45, 2.75) is 11.9 Å². The minimum absolute atomic E-state index is 0.196. The minimum atomic E-state index is -1.82. The smallest absolute Gasteiger partial charge is 0.297 e. The Morgan fingerprint density at radius 3 is 2.75 bits per heavy atom. The van der Waals surface area contributed by atoms with E-state index in [0.717, 1.165) is 0 Å². The van der Waals surface area contributed by atoms with Crippen LogP contribution in [-0.4, -0.2) is 22.1 Å². The third kappa shape index (κ3) is 1.17. The van der Waals surface area contributed by atoms with E-state index in [0.29, 0.717) is 11.5 Å². The maximum absolute atomic E-state index is 10.2. The van der Waals surface area contributed by atoms with E-state index >= 15 is 0 Å². The van der Waals surface area contributed by atoms with Crippen LogP contribution in [0.5, 0.6) is 11.5 Å². The molecule has 2 atom stereocenters. The Bertz CT molecular complexity index is 492. The molecule has 1 aromatic carbocycles. The Balaban J connectivity index is 2.10. The molecule has 2 N–H and O–H groups in total. The Hall–Kier alpha value is -1.78. The number of fused-ring (bicyclic) bond motifs is 2. The number of benzene rings is 1. The van der Waals surface area contributed by atoms with Gasteiger partial charge in [-0.05, 0) is 24.3 Å². The Morgan fingerprint density at radius 2 is 1.94 bits per heavy atom. The third-order valence-electron chi connectivity index (χ3n) is 2.63. The SMILES string of the molecule is OC1C=CC=C2Oc3ccccc3OC21O. The number of hydrogen-bond donors (Lipinski definition) is 2. The Labute approximate surface area is 92.0 Å². The maximum atomic E-state index is 10.2. The lowest BCUT2D eigenvalue weighted by atomic mass is 10.0. The fourth-order valence-electron chi connectivity index (χ4n) is 1.77. The lowest BCUT2D eigenvalue weighted by molar-refractivity contribution is -0.190. The molecule has 0 amide bonds. The van der Waals surface area contributed by atoms with Crippen LogP contribution in [0.15, 0.2) is 48.3 Å². The van der Waals surface area contributed by atoms with Crippen LogP contribution < -0.4 is 9.47 Å². The molecule has 82 valence electrons. The van der Waals surface area contributed by atoms with Crippen molar-refractivity contribution in [3.8, 4) is 11.5 Å². The summed E-state index contributed by atoms with van der Waals surface area (Å²) in [7, 11) is 0. The molecule has 2 unspecified atom stereocenters. The molecule has 1 aromatic rings. The van der Waals surface area contributed by atoms with Crippen molar-refractivity contribution >= 4 is 0 Å². The zero-order valence-corrected chi connectivity index (χ0v) is 8.33. The van der Waals surface area contributed by atoms with Gasteiger partial charge in [-0.25, -0.2) is 0 Å². The third-order valence-corrected chi connectivity index (χ3v) is 2.63. The molecular weight excluding hydrogens is 208 g/mol. The second-order valence-corrected chi connectivity index (χ2v) is 3.71. The first-order chi connectivity index (χ1) is 7.70. The summed E-state index contributed by atoms with van der Waals surface area (Å²) in [5.41, 5.74) is 0. The highest BCUT2D eigenvalue weighted by atomic mass is 16.7. The molecule has 0 aromatic heterocycles. The number of hydrogen-bond acceptors (Lipinski definition) is 4. The van der Waals surface area contributed by atoms with Gasteiger partial charge in [-0.1, -0.05) is 18.2 Å². The number of rotatable bonds is 0. The summed E-state index contributed by atoms with van der Waals surface area (Å²) in [4.78, 5) is 0. The van der Waals surface area contributed by atoms with Crippen molar-refractivity contribution in [3.63, 3.8) is 0 Å². The van der Waals surface area contributed by atoms with Crippen LogP contribution in [0.3, 0.4) is 0 Å². The zero-order chi connectivity index (χ0) is 11.2. The Kier molecular flexibility index (Phi) is 1.83. The second kappa shape index (κ2) is 3.10. The predicted molar refractivity (Wildman–Crippen MR) is 55.9 cm³/mol.